The minimum Gasteiger partial charge on any atom is -0.478 e. The van der Waals surface area contributed by atoms with Crippen LogP contribution in [0.2, 0.25) is 0 Å². The molecule has 4 nitrogen and oxygen atoms in total. The normalized spacial score (nSPS) is 8.53. The zero-order chi connectivity index (χ0) is 12.4. The van der Waals surface area contributed by atoms with E-state index in [2.05, 4.69) is 13.2 Å². The fraction of sp³-hybridized carbons (Fsp3) is 0.455. The topological polar surface area (TPSA) is 63.6 Å². The summed E-state index contributed by atoms with van der Waals surface area (Å²) in [6, 6.07) is 0. The molecule has 0 atom stereocenters. The van der Waals surface area contributed by atoms with E-state index in [4.69, 9.17) is 9.84 Å². The predicted molar refractivity (Wildman–Crippen MR) is 58.4 cm³/mol. The monoisotopic (exact) mass is 214 g/mol. The molecule has 86 valence electrons. The van der Waals surface area contributed by atoms with Gasteiger partial charge >= 0.3 is 11.9 Å². The predicted octanol–water partition coefficient (Wildman–Crippen LogP) is 2.02. The van der Waals surface area contributed by atoms with Crippen molar-refractivity contribution in [2.75, 3.05) is 6.61 Å². The number of ether oxygens (including phenoxy) is 1. The van der Waals surface area contributed by atoms with Crippen LogP contribution >= 0.6 is 0 Å². The molecule has 0 heterocycles. The Kier molecular flexibility index (Phi) is 9.52. The quantitative estimate of drug-likeness (QED) is 0.574. The molecule has 0 aromatic heterocycles. The molecule has 0 aliphatic carbocycles. The van der Waals surface area contributed by atoms with Gasteiger partial charge in [-0.05, 0) is 12.8 Å². The van der Waals surface area contributed by atoms with Crippen molar-refractivity contribution in [2.45, 2.75) is 20.8 Å². The van der Waals surface area contributed by atoms with E-state index in [0.29, 0.717) is 12.5 Å². The lowest BCUT2D eigenvalue weighted by Crippen LogP contribution is -2.06. The molecule has 4 heteroatoms. The summed E-state index contributed by atoms with van der Waals surface area (Å²) in [7, 11) is 0. The lowest BCUT2D eigenvalue weighted by molar-refractivity contribution is -0.138. The molecule has 0 unspecified atom stereocenters. The van der Waals surface area contributed by atoms with Crippen LogP contribution in [0.1, 0.15) is 20.8 Å². The Morgan fingerprint density at radius 3 is 2.07 bits per heavy atom. The number of esters is 1. The van der Waals surface area contributed by atoms with E-state index in [-0.39, 0.29) is 11.5 Å². The molecule has 0 aliphatic rings. The van der Waals surface area contributed by atoms with E-state index in [1.807, 2.05) is 13.8 Å². The van der Waals surface area contributed by atoms with Gasteiger partial charge in [-0.1, -0.05) is 27.0 Å². The smallest absolute Gasteiger partial charge is 0.330 e. The van der Waals surface area contributed by atoms with Crippen molar-refractivity contribution in [1.82, 2.24) is 0 Å². The van der Waals surface area contributed by atoms with Crippen LogP contribution in [0.4, 0.5) is 0 Å². The third kappa shape index (κ3) is 15.2. The maximum Gasteiger partial charge on any atom is 0.330 e. The Labute approximate surface area is 90.2 Å². The van der Waals surface area contributed by atoms with E-state index in [0.717, 1.165) is 0 Å². The minimum absolute atomic E-state index is 0.176. The van der Waals surface area contributed by atoms with E-state index >= 15 is 0 Å². The zero-order valence-electron chi connectivity index (χ0n) is 9.45. The highest BCUT2D eigenvalue weighted by Crippen LogP contribution is 1.92. The number of aliphatic carboxylic acids is 1. The molecule has 1 N–H and O–H groups in total. The molecule has 0 fully saturated rings. The molecule has 0 bridgehead atoms. The first-order valence-corrected chi connectivity index (χ1v) is 4.49. The standard InChI is InChI=1S/C7H12O2.C4H6O2/c1-4-7(8)9-5-6(2)3;1-3(2)4(5)6/h4,6H,1,5H2,2-3H3;1H2,2H3,(H,5,6). The van der Waals surface area contributed by atoms with Crippen molar-refractivity contribution in [2.24, 2.45) is 5.92 Å². The van der Waals surface area contributed by atoms with Crippen LogP contribution in [-0.2, 0) is 14.3 Å². The Hall–Kier alpha value is -1.58. The second-order valence-corrected chi connectivity index (χ2v) is 3.31. The first kappa shape index (κ1) is 15.9. The van der Waals surface area contributed by atoms with Gasteiger partial charge in [-0.15, -0.1) is 0 Å². The van der Waals surface area contributed by atoms with Crippen LogP contribution < -0.4 is 0 Å². The van der Waals surface area contributed by atoms with E-state index in [1.54, 1.807) is 0 Å². The second-order valence-electron chi connectivity index (χ2n) is 3.31. The summed E-state index contributed by atoms with van der Waals surface area (Å²) in [5.41, 5.74) is 0.176. The van der Waals surface area contributed by atoms with Gasteiger partial charge in [0.15, 0.2) is 0 Å². The Morgan fingerprint density at radius 2 is 1.87 bits per heavy atom. The number of carboxylic acids is 1. The van der Waals surface area contributed by atoms with Crippen molar-refractivity contribution in [1.29, 1.82) is 0 Å². The average Bonchev–Trinajstić information content (AvgIpc) is 2.14. The van der Waals surface area contributed by atoms with Crippen molar-refractivity contribution >= 4 is 11.9 Å². The number of hydrogen-bond donors (Lipinski definition) is 1. The third-order valence-corrected chi connectivity index (χ3v) is 1.09. The molecule has 0 saturated carbocycles. The average molecular weight is 214 g/mol. The largest absolute Gasteiger partial charge is 0.478 e. The van der Waals surface area contributed by atoms with Crippen molar-refractivity contribution < 1.29 is 19.4 Å². The van der Waals surface area contributed by atoms with Gasteiger partial charge < -0.3 is 9.84 Å². The van der Waals surface area contributed by atoms with Crippen LogP contribution in [0, 0.1) is 5.92 Å². The summed E-state index contributed by atoms with van der Waals surface area (Å²) >= 11 is 0. The number of carboxylic acid groups (broad SMARTS) is 1. The van der Waals surface area contributed by atoms with Gasteiger partial charge in [-0.25, -0.2) is 9.59 Å². The fourth-order valence-electron chi connectivity index (χ4n) is 0.308. The molecule has 0 aromatic rings. The van der Waals surface area contributed by atoms with Gasteiger partial charge in [-0.2, -0.15) is 0 Å². The molecule has 0 spiro atoms. The Bertz CT molecular complexity index is 229. The molecule has 0 saturated heterocycles. The molecule has 15 heavy (non-hydrogen) atoms. The van der Waals surface area contributed by atoms with Crippen molar-refractivity contribution in [3.63, 3.8) is 0 Å². The van der Waals surface area contributed by atoms with Gasteiger partial charge in [0.05, 0.1) is 6.61 Å². The molecule has 0 aliphatic heterocycles. The van der Waals surface area contributed by atoms with E-state index in [9.17, 15) is 9.59 Å². The Morgan fingerprint density at radius 1 is 1.47 bits per heavy atom. The highest BCUT2D eigenvalue weighted by atomic mass is 16.5. The summed E-state index contributed by atoms with van der Waals surface area (Å²) in [5, 5.41) is 7.89. The number of carbonyl (C=O) groups is 2. The lowest BCUT2D eigenvalue weighted by atomic mass is 10.2. The van der Waals surface area contributed by atoms with E-state index < -0.39 is 5.97 Å². The zero-order valence-corrected chi connectivity index (χ0v) is 9.45. The molecule has 0 radical (unpaired) electrons. The van der Waals surface area contributed by atoms with Gasteiger partial charge in [0.2, 0.25) is 0 Å². The van der Waals surface area contributed by atoms with Crippen LogP contribution in [0.5, 0.6) is 0 Å². The summed E-state index contributed by atoms with van der Waals surface area (Å²) in [5.74, 6) is -0.882. The summed E-state index contributed by atoms with van der Waals surface area (Å²) < 4.78 is 4.70. The lowest BCUT2D eigenvalue weighted by Gasteiger charge is -2.02. The molecular formula is C11H18O4. The van der Waals surface area contributed by atoms with Crippen molar-refractivity contribution in [3.8, 4) is 0 Å². The maximum atomic E-state index is 10.4. The first-order chi connectivity index (χ1) is 6.81. The number of carbonyl (C=O) groups excluding carboxylic acids is 1. The maximum absolute atomic E-state index is 10.4. The van der Waals surface area contributed by atoms with Gasteiger partial charge in [0, 0.05) is 11.6 Å². The Balaban J connectivity index is 0. The number of rotatable bonds is 4. The van der Waals surface area contributed by atoms with Crippen LogP contribution in [0.25, 0.3) is 0 Å². The molecule has 0 rings (SSSR count). The molecular weight excluding hydrogens is 196 g/mol. The summed E-state index contributed by atoms with van der Waals surface area (Å²) in [6.45, 7) is 12.3. The van der Waals surface area contributed by atoms with Crippen LogP contribution in [0.3, 0.4) is 0 Å². The molecule has 0 amide bonds. The second kappa shape index (κ2) is 8.99. The van der Waals surface area contributed by atoms with Gasteiger partial charge in [-0.3, -0.25) is 0 Å². The van der Waals surface area contributed by atoms with Gasteiger partial charge in [0.1, 0.15) is 0 Å². The number of hydrogen-bond acceptors (Lipinski definition) is 3. The summed E-state index contributed by atoms with van der Waals surface area (Å²) in [6.07, 6.45) is 1.17. The fourth-order valence-corrected chi connectivity index (χ4v) is 0.308. The summed E-state index contributed by atoms with van der Waals surface area (Å²) in [4.78, 5) is 20.0. The van der Waals surface area contributed by atoms with Crippen LogP contribution in [-0.4, -0.2) is 23.7 Å². The van der Waals surface area contributed by atoms with Crippen LogP contribution in [0.15, 0.2) is 24.8 Å². The SMILES string of the molecule is C=C(C)C(=O)O.C=CC(=O)OCC(C)C. The highest BCUT2D eigenvalue weighted by molar-refractivity contribution is 5.84. The first-order valence-electron chi connectivity index (χ1n) is 4.49. The highest BCUT2D eigenvalue weighted by Gasteiger charge is 1.96. The minimum atomic E-state index is -0.935. The van der Waals surface area contributed by atoms with Crippen molar-refractivity contribution in [3.05, 3.63) is 24.8 Å². The van der Waals surface area contributed by atoms with E-state index in [1.165, 1.54) is 13.0 Å². The molecule has 0 aromatic carbocycles. The van der Waals surface area contributed by atoms with Gasteiger partial charge in [0.25, 0.3) is 0 Å². The third-order valence-electron chi connectivity index (χ3n) is 1.09.